The molecular weight excluding hydrogens is 240 g/mol. The van der Waals surface area contributed by atoms with Crippen LogP contribution in [0.25, 0.3) is 0 Å². The first kappa shape index (κ1) is 12.9. The Hall–Kier alpha value is -1.06. The minimum absolute atomic E-state index is 0.273. The van der Waals surface area contributed by atoms with Crippen molar-refractivity contribution >= 4 is 11.8 Å². The van der Waals surface area contributed by atoms with Crippen LogP contribution in [0, 0.1) is 11.8 Å². The third-order valence-corrected chi connectivity index (χ3v) is 4.94. The summed E-state index contributed by atoms with van der Waals surface area (Å²) in [5.74, 6) is 1.47. The molecule has 0 aromatic carbocycles. The Balaban J connectivity index is 1.63. The van der Waals surface area contributed by atoms with Gasteiger partial charge in [0.25, 0.3) is 0 Å². The van der Waals surface area contributed by atoms with Crippen LogP contribution in [0.3, 0.4) is 0 Å². The van der Waals surface area contributed by atoms with Crippen LogP contribution in [0.5, 0.6) is 0 Å². The number of piperidine rings is 1. The van der Waals surface area contributed by atoms with Crippen molar-refractivity contribution in [2.45, 2.75) is 51.5 Å². The van der Waals surface area contributed by atoms with E-state index in [1.165, 1.54) is 6.42 Å². The van der Waals surface area contributed by atoms with Crippen molar-refractivity contribution in [3.63, 3.8) is 0 Å². The summed E-state index contributed by atoms with van der Waals surface area (Å²) in [5.41, 5.74) is 0. The molecule has 4 nitrogen and oxygen atoms in total. The van der Waals surface area contributed by atoms with Gasteiger partial charge in [0, 0.05) is 38.0 Å². The molecule has 2 amide bonds. The van der Waals surface area contributed by atoms with Crippen LogP contribution in [0.15, 0.2) is 0 Å². The summed E-state index contributed by atoms with van der Waals surface area (Å²) in [7, 11) is 0. The smallest absolute Gasteiger partial charge is 0.226 e. The monoisotopic (exact) mass is 264 g/mol. The summed E-state index contributed by atoms with van der Waals surface area (Å²) in [6.45, 7) is 4.71. The van der Waals surface area contributed by atoms with Gasteiger partial charge in [0.1, 0.15) is 0 Å². The van der Waals surface area contributed by atoms with E-state index in [1.807, 2.05) is 4.90 Å². The molecule has 0 aromatic heterocycles. The van der Waals surface area contributed by atoms with Crippen molar-refractivity contribution in [1.29, 1.82) is 0 Å². The van der Waals surface area contributed by atoms with Crippen molar-refractivity contribution in [1.82, 2.24) is 9.80 Å². The fourth-order valence-corrected chi connectivity index (χ4v) is 3.51. The van der Waals surface area contributed by atoms with Crippen molar-refractivity contribution in [2.75, 3.05) is 19.6 Å². The first-order valence-corrected chi connectivity index (χ1v) is 7.75. The molecule has 106 valence electrons. The molecule has 0 unspecified atom stereocenters. The maximum atomic E-state index is 12.5. The van der Waals surface area contributed by atoms with Gasteiger partial charge >= 0.3 is 0 Å². The zero-order valence-electron chi connectivity index (χ0n) is 11.8. The van der Waals surface area contributed by atoms with Crippen LogP contribution in [-0.2, 0) is 9.59 Å². The van der Waals surface area contributed by atoms with Gasteiger partial charge in [-0.25, -0.2) is 0 Å². The largest absolute Gasteiger partial charge is 0.341 e. The summed E-state index contributed by atoms with van der Waals surface area (Å²) < 4.78 is 0. The number of likely N-dealkylation sites (tertiary alicyclic amines) is 2. The van der Waals surface area contributed by atoms with Crippen LogP contribution in [0.2, 0.25) is 0 Å². The summed E-state index contributed by atoms with van der Waals surface area (Å²) >= 11 is 0. The van der Waals surface area contributed by atoms with E-state index in [9.17, 15) is 9.59 Å². The Labute approximate surface area is 115 Å². The third kappa shape index (κ3) is 2.63. The summed E-state index contributed by atoms with van der Waals surface area (Å²) in [6, 6.07) is 0.274. The lowest BCUT2D eigenvalue weighted by Crippen LogP contribution is -2.50. The first-order valence-electron chi connectivity index (χ1n) is 7.75. The fraction of sp³-hybridized carbons (Fsp3) is 0.867. The SMILES string of the molecule is C[C@@H]1C[C@@H]1C(=O)N1CCCC[C@H]1CN1CCCC1=O. The molecule has 0 bridgehead atoms. The van der Waals surface area contributed by atoms with Gasteiger partial charge in [-0.3, -0.25) is 9.59 Å². The molecule has 1 saturated carbocycles. The van der Waals surface area contributed by atoms with Crippen LogP contribution in [-0.4, -0.2) is 47.3 Å². The van der Waals surface area contributed by atoms with E-state index in [1.54, 1.807) is 0 Å². The molecule has 2 heterocycles. The number of hydrogen-bond acceptors (Lipinski definition) is 2. The number of rotatable bonds is 3. The molecule has 0 radical (unpaired) electrons. The second-order valence-corrected chi connectivity index (χ2v) is 6.44. The zero-order valence-corrected chi connectivity index (χ0v) is 11.8. The van der Waals surface area contributed by atoms with Crippen molar-refractivity contribution in [3.05, 3.63) is 0 Å². The van der Waals surface area contributed by atoms with Crippen LogP contribution in [0.1, 0.15) is 45.4 Å². The highest BCUT2D eigenvalue weighted by Gasteiger charge is 2.43. The minimum atomic E-state index is 0.273. The van der Waals surface area contributed by atoms with Gasteiger partial charge in [-0.1, -0.05) is 6.92 Å². The third-order valence-electron chi connectivity index (χ3n) is 4.94. The molecular formula is C15H24N2O2. The summed E-state index contributed by atoms with van der Waals surface area (Å²) in [6.07, 6.45) is 6.12. The average molecular weight is 264 g/mol. The maximum absolute atomic E-state index is 12.5. The topological polar surface area (TPSA) is 40.6 Å². The molecule has 3 atom stereocenters. The second-order valence-electron chi connectivity index (χ2n) is 6.44. The van der Waals surface area contributed by atoms with Gasteiger partial charge in [0.2, 0.25) is 11.8 Å². The minimum Gasteiger partial charge on any atom is -0.341 e. The molecule has 0 N–H and O–H groups in total. The zero-order chi connectivity index (χ0) is 13.4. The Morgan fingerprint density at radius 1 is 1.26 bits per heavy atom. The van der Waals surface area contributed by atoms with E-state index in [4.69, 9.17) is 0 Å². The Bertz CT molecular complexity index is 382. The lowest BCUT2D eigenvalue weighted by Gasteiger charge is -2.38. The van der Waals surface area contributed by atoms with Crippen LogP contribution in [0.4, 0.5) is 0 Å². The van der Waals surface area contributed by atoms with Crippen LogP contribution < -0.4 is 0 Å². The molecule has 3 rings (SSSR count). The lowest BCUT2D eigenvalue weighted by molar-refractivity contribution is -0.139. The lowest BCUT2D eigenvalue weighted by atomic mass is 10.0. The molecule has 0 aromatic rings. The molecule has 1 aliphatic carbocycles. The maximum Gasteiger partial charge on any atom is 0.226 e. The highest BCUT2D eigenvalue weighted by molar-refractivity contribution is 5.82. The standard InChI is InChI=1S/C15H24N2O2/c1-11-9-13(11)15(19)17-8-3-2-5-12(17)10-16-7-4-6-14(16)18/h11-13H,2-10H2,1H3/t11-,12+,13+/m1/s1. The predicted molar refractivity (Wildman–Crippen MR) is 72.4 cm³/mol. The number of hydrogen-bond donors (Lipinski definition) is 0. The molecule has 3 aliphatic rings. The van der Waals surface area contributed by atoms with Gasteiger partial charge in [0.15, 0.2) is 0 Å². The molecule has 0 spiro atoms. The van der Waals surface area contributed by atoms with E-state index in [2.05, 4.69) is 11.8 Å². The van der Waals surface area contributed by atoms with Gasteiger partial charge in [-0.2, -0.15) is 0 Å². The quantitative estimate of drug-likeness (QED) is 0.777. The van der Waals surface area contributed by atoms with E-state index < -0.39 is 0 Å². The first-order chi connectivity index (χ1) is 9.16. The molecule has 2 saturated heterocycles. The second kappa shape index (κ2) is 5.14. The normalized spacial score (nSPS) is 34.8. The van der Waals surface area contributed by atoms with E-state index in [-0.39, 0.29) is 17.9 Å². The van der Waals surface area contributed by atoms with Gasteiger partial charge in [0.05, 0.1) is 0 Å². The van der Waals surface area contributed by atoms with E-state index in [0.29, 0.717) is 18.2 Å². The molecule has 19 heavy (non-hydrogen) atoms. The van der Waals surface area contributed by atoms with E-state index in [0.717, 1.165) is 45.3 Å². The molecule has 3 fully saturated rings. The number of carbonyl (C=O) groups is 2. The predicted octanol–water partition coefficient (Wildman–Crippen LogP) is 1.65. The molecule has 2 aliphatic heterocycles. The van der Waals surface area contributed by atoms with Crippen molar-refractivity contribution < 1.29 is 9.59 Å². The Kier molecular flexibility index (Phi) is 3.50. The Morgan fingerprint density at radius 2 is 2.05 bits per heavy atom. The number of carbonyl (C=O) groups excluding carboxylic acids is 2. The van der Waals surface area contributed by atoms with E-state index >= 15 is 0 Å². The number of nitrogens with zero attached hydrogens (tertiary/aromatic N) is 2. The highest BCUT2D eigenvalue weighted by atomic mass is 16.2. The van der Waals surface area contributed by atoms with Crippen molar-refractivity contribution in [3.8, 4) is 0 Å². The molecule has 4 heteroatoms. The van der Waals surface area contributed by atoms with Crippen LogP contribution >= 0.6 is 0 Å². The average Bonchev–Trinajstić information content (AvgIpc) is 3.01. The highest BCUT2D eigenvalue weighted by Crippen LogP contribution is 2.40. The van der Waals surface area contributed by atoms with Crippen molar-refractivity contribution in [2.24, 2.45) is 11.8 Å². The summed E-state index contributed by atoms with van der Waals surface area (Å²) in [4.78, 5) is 28.3. The Morgan fingerprint density at radius 3 is 2.68 bits per heavy atom. The van der Waals surface area contributed by atoms with Gasteiger partial charge < -0.3 is 9.80 Å². The van der Waals surface area contributed by atoms with Gasteiger partial charge in [-0.05, 0) is 38.0 Å². The fourth-order valence-electron chi connectivity index (χ4n) is 3.51. The number of amides is 2. The summed E-state index contributed by atoms with van der Waals surface area (Å²) in [5, 5.41) is 0. The van der Waals surface area contributed by atoms with Gasteiger partial charge in [-0.15, -0.1) is 0 Å².